The number of ether oxygens (including phenoxy) is 6. The molecule has 1 atom stereocenters. The van der Waals surface area contributed by atoms with Crippen LogP contribution in [0, 0.1) is 11.3 Å². The summed E-state index contributed by atoms with van der Waals surface area (Å²) in [5, 5.41) is 29.1. The van der Waals surface area contributed by atoms with E-state index in [-0.39, 0.29) is 12.1 Å². The Morgan fingerprint density at radius 2 is 1.69 bits per heavy atom. The molecule has 278 valence electrons. The molecule has 0 amide bonds. The number of hydrogen-bond acceptors (Lipinski definition) is 15. The van der Waals surface area contributed by atoms with Crippen LogP contribution in [-0.2, 0) is 25.5 Å². The first-order valence-corrected chi connectivity index (χ1v) is 17.8. The molecule has 52 heavy (non-hydrogen) atoms. The number of anilines is 2. The molecule has 0 radical (unpaired) electrons. The summed E-state index contributed by atoms with van der Waals surface area (Å²) in [5.74, 6) is 1.32. The van der Waals surface area contributed by atoms with E-state index in [9.17, 15) is 5.26 Å². The van der Waals surface area contributed by atoms with Gasteiger partial charge in [-0.3, -0.25) is 9.58 Å². The van der Waals surface area contributed by atoms with Crippen molar-refractivity contribution in [3.8, 4) is 28.8 Å². The summed E-state index contributed by atoms with van der Waals surface area (Å²) in [4.78, 5) is 11.8. The van der Waals surface area contributed by atoms with Crippen LogP contribution in [0.25, 0.3) is 11.1 Å². The van der Waals surface area contributed by atoms with Gasteiger partial charge in [0.15, 0.2) is 0 Å². The first-order chi connectivity index (χ1) is 25.6. The van der Waals surface area contributed by atoms with Gasteiger partial charge in [-0.25, -0.2) is 14.6 Å². The van der Waals surface area contributed by atoms with Crippen LogP contribution in [0.5, 0.6) is 11.6 Å². The van der Waals surface area contributed by atoms with Crippen LogP contribution in [0.1, 0.15) is 44.2 Å². The molecule has 1 aromatic carbocycles. The van der Waals surface area contributed by atoms with Gasteiger partial charge in [0.25, 0.3) is 5.88 Å². The highest BCUT2D eigenvalue weighted by atomic mass is 16.6. The first-order valence-electron chi connectivity index (χ1n) is 17.8. The second-order valence-corrected chi connectivity index (χ2v) is 12.7. The van der Waals surface area contributed by atoms with E-state index in [1.165, 1.54) is 6.33 Å². The van der Waals surface area contributed by atoms with Crippen molar-refractivity contribution >= 4 is 11.6 Å². The molecule has 17 nitrogen and oxygen atoms in total. The smallest absolute Gasteiger partial charge is 0.257 e. The topological polar surface area (TPSA) is 182 Å². The third kappa shape index (κ3) is 10.4. The number of nitrogens with one attached hydrogen (secondary N) is 1. The van der Waals surface area contributed by atoms with Crippen molar-refractivity contribution in [2.24, 2.45) is 0 Å². The fraction of sp³-hybridized carbons (Fsp3) is 0.571. The van der Waals surface area contributed by atoms with E-state index in [2.05, 4.69) is 41.8 Å². The fourth-order valence-corrected chi connectivity index (χ4v) is 6.38. The maximum Gasteiger partial charge on any atom is 0.257 e. The van der Waals surface area contributed by atoms with Crippen molar-refractivity contribution in [3.63, 3.8) is 0 Å². The Kier molecular flexibility index (Phi) is 13.7. The molecule has 1 saturated heterocycles. The van der Waals surface area contributed by atoms with Crippen molar-refractivity contribution in [2.45, 2.75) is 57.3 Å². The number of methoxy groups -OCH3 is 1. The molecule has 1 unspecified atom stereocenters. The fourth-order valence-electron chi connectivity index (χ4n) is 6.38. The van der Waals surface area contributed by atoms with Crippen LogP contribution < -0.4 is 14.8 Å². The summed E-state index contributed by atoms with van der Waals surface area (Å²) < 4.78 is 37.5. The van der Waals surface area contributed by atoms with Crippen molar-refractivity contribution < 1.29 is 28.4 Å². The predicted molar refractivity (Wildman–Crippen MR) is 188 cm³/mol. The lowest BCUT2D eigenvalue weighted by Gasteiger charge is -2.38. The van der Waals surface area contributed by atoms with Crippen molar-refractivity contribution in [1.29, 1.82) is 5.26 Å². The Balaban J connectivity index is 1.10. The molecule has 1 N–H and O–H groups in total. The SMILES string of the molecule is COCCOCCOCCOc1nn(C2CCC(N3CCOCC3)CC2)cc1Nc1ncc(-c2ccc(C#N)c(OC(C)Cn3cnnn3)c2)cn1. The van der Waals surface area contributed by atoms with E-state index in [1.54, 1.807) is 30.3 Å². The van der Waals surface area contributed by atoms with Crippen LogP contribution in [0.4, 0.5) is 11.6 Å². The van der Waals surface area contributed by atoms with E-state index in [0.29, 0.717) is 81.1 Å². The average Bonchev–Trinajstić information content (AvgIpc) is 3.85. The van der Waals surface area contributed by atoms with Gasteiger partial charge in [-0.05, 0) is 60.7 Å². The van der Waals surface area contributed by atoms with Gasteiger partial charge in [0.2, 0.25) is 5.95 Å². The minimum atomic E-state index is -0.280. The second kappa shape index (κ2) is 19.2. The van der Waals surface area contributed by atoms with Crippen LogP contribution >= 0.6 is 0 Å². The quantitative estimate of drug-likeness (QED) is 0.139. The standard InChI is InChI=1S/C35H47N11O6/c1-26(23-45-25-39-42-43-45)52-33-19-27(3-4-28(33)20-36)29-21-37-35(38-22-29)40-32-24-46(31-7-5-30(6-8-31)44-9-11-48-12-10-44)41-34(32)51-18-17-50-16-15-49-14-13-47-2/h3-4,19,21-22,24-26,30-31H,5-18,23H2,1-2H3,(H,37,38,40). The normalized spacial score (nSPS) is 18.5. The van der Waals surface area contributed by atoms with E-state index in [4.69, 9.17) is 33.5 Å². The van der Waals surface area contributed by atoms with Gasteiger partial charge in [-0.15, -0.1) is 10.2 Å². The Morgan fingerprint density at radius 1 is 0.962 bits per heavy atom. The highest BCUT2D eigenvalue weighted by Gasteiger charge is 2.29. The molecule has 1 saturated carbocycles. The lowest BCUT2D eigenvalue weighted by atomic mass is 9.90. The molecule has 3 aromatic heterocycles. The molecule has 4 aromatic rings. The molecule has 6 rings (SSSR count). The molecule has 0 bridgehead atoms. The van der Waals surface area contributed by atoms with Crippen LogP contribution in [0.15, 0.2) is 43.1 Å². The van der Waals surface area contributed by atoms with Crippen molar-refractivity contribution in [2.75, 3.05) is 78.4 Å². The zero-order valence-electron chi connectivity index (χ0n) is 29.8. The molecule has 4 heterocycles. The number of nitrogens with zero attached hydrogens (tertiary/aromatic N) is 10. The Hall–Kier alpha value is -4.73. The van der Waals surface area contributed by atoms with E-state index >= 15 is 0 Å². The Labute approximate surface area is 303 Å². The summed E-state index contributed by atoms with van der Waals surface area (Å²) >= 11 is 0. The monoisotopic (exact) mass is 717 g/mol. The molecule has 17 heteroatoms. The minimum absolute atomic E-state index is 0.266. The van der Waals surface area contributed by atoms with Crippen LogP contribution in [-0.4, -0.2) is 130 Å². The molecule has 2 aliphatic rings. The number of morpholine rings is 1. The van der Waals surface area contributed by atoms with E-state index in [1.807, 2.05) is 29.9 Å². The zero-order chi connectivity index (χ0) is 36.0. The molecular formula is C35H47N11O6. The zero-order valence-corrected chi connectivity index (χ0v) is 29.8. The number of benzene rings is 1. The van der Waals surface area contributed by atoms with Crippen molar-refractivity contribution in [3.05, 3.63) is 48.7 Å². The van der Waals surface area contributed by atoms with E-state index in [0.717, 1.165) is 63.1 Å². The van der Waals surface area contributed by atoms with Crippen molar-refractivity contribution in [1.82, 2.24) is 44.9 Å². The average molecular weight is 718 g/mol. The summed E-state index contributed by atoms with van der Waals surface area (Å²) in [6, 6.07) is 8.45. The lowest BCUT2D eigenvalue weighted by molar-refractivity contribution is 0.00498. The van der Waals surface area contributed by atoms with Gasteiger partial charge in [0.05, 0.1) is 70.6 Å². The predicted octanol–water partition coefficient (Wildman–Crippen LogP) is 3.28. The van der Waals surface area contributed by atoms with E-state index < -0.39 is 0 Å². The van der Waals surface area contributed by atoms with Crippen LogP contribution in [0.2, 0.25) is 0 Å². The summed E-state index contributed by atoms with van der Waals surface area (Å²) in [6.45, 7) is 8.72. The maximum absolute atomic E-state index is 9.69. The molecular weight excluding hydrogens is 670 g/mol. The third-order valence-electron chi connectivity index (χ3n) is 9.07. The van der Waals surface area contributed by atoms with Gasteiger partial charge in [-0.1, -0.05) is 6.07 Å². The largest absolute Gasteiger partial charge is 0.487 e. The molecule has 1 aliphatic carbocycles. The highest BCUT2D eigenvalue weighted by molar-refractivity contribution is 5.67. The third-order valence-corrected chi connectivity index (χ3v) is 9.07. The summed E-state index contributed by atoms with van der Waals surface area (Å²) in [7, 11) is 1.65. The molecule has 0 spiro atoms. The molecule has 1 aliphatic heterocycles. The number of tetrazole rings is 1. The maximum atomic E-state index is 9.69. The van der Waals surface area contributed by atoms with Gasteiger partial charge < -0.3 is 33.7 Å². The Morgan fingerprint density at radius 3 is 2.40 bits per heavy atom. The minimum Gasteiger partial charge on any atom is -0.487 e. The molecule has 2 fully saturated rings. The summed E-state index contributed by atoms with van der Waals surface area (Å²) in [6.07, 6.45) is 11.0. The summed E-state index contributed by atoms with van der Waals surface area (Å²) in [5.41, 5.74) is 2.67. The van der Waals surface area contributed by atoms with Gasteiger partial charge >= 0.3 is 0 Å². The lowest BCUT2D eigenvalue weighted by Crippen LogP contribution is -2.45. The number of rotatable bonds is 19. The Bertz CT molecular complexity index is 1680. The first kappa shape index (κ1) is 37.0. The van der Waals surface area contributed by atoms with Crippen LogP contribution in [0.3, 0.4) is 0 Å². The van der Waals surface area contributed by atoms with Gasteiger partial charge in [0.1, 0.15) is 36.5 Å². The second-order valence-electron chi connectivity index (χ2n) is 12.7. The van der Waals surface area contributed by atoms with Gasteiger partial charge in [-0.2, -0.15) is 5.26 Å². The van der Waals surface area contributed by atoms with Gasteiger partial charge in [0, 0.05) is 44.2 Å². The number of nitriles is 1. The highest BCUT2D eigenvalue weighted by Crippen LogP contribution is 2.35. The number of hydrogen-bond donors (Lipinski definition) is 1. The number of aromatic nitrogens is 8.